The fourth-order valence-electron chi connectivity index (χ4n) is 2.70. The van der Waals surface area contributed by atoms with Crippen LogP contribution < -0.4 is 5.32 Å². The van der Waals surface area contributed by atoms with Crippen LogP contribution in [0.1, 0.15) is 30.0 Å². The van der Waals surface area contributed by atoms with Crippen LogP contribution in [0.3, 0.4) is 0 Å². The van der Waals surface area contributed by atoms with E-state index >= 15 is 0 Å². The first-order chi connectivity index (χ1) is 8.50. The summed E-state index contributed by atoms with van der Waals surface area (Å²) < 4.78 is 23.0. The summed E-state index contributed by atoms with van der Waals surface area (Å²) in [6.45, 7) is 2.08. The van der Waals surface area contributed by atoms with Crippen LogP contribution in [0.2, 0.25) is 0 Å². The van der Waals surface area contributed by atoms with Crippen LogP contribution in [0.15, 0.2) is 24.3 Å². The number of sulfone groups is 1. The molecule has 1 aliphatic rings. The van der Waals surface area contributed by atoms with Crippen LogP contribution in [-0.4, -0.2) is 27.0 Å². The lowest BCUT2D eigenvalue weighted by atomic mass is 9.93. The SMILES string of the molecule is CNC(CC1CCS(=O)(=O)C1)c1cccc(C)c1. The third-order valence-corrected chi connectivity index (χ3v) is 5.53. The zero-order chi connectivity index (χ0) is 13.2. The number of aryl methyl sites for hydroxylation is 1. The van der Waals surface area contributed by atoms with Gasteiger partial charge in [0, 0.05) is 6.04 Å². The Balaban J connectivity index is 2.06. The molecule has 1 aromatic carbocycles. The van der Waals surface area contributed by atoms with Gasteiger partial charge in [-0.05, 0) is 38.3 Å². The van der Waals surface area contributed by atoms with Gasteiger partial charge in [0.05, 0.1) is 11.5 Å². The maximum absolute atomic E-state index is 11.5. The highest BCUT2D eigenvalue weighted by Gasteiger charge is 2.29. The van der Waals surface area contributed by atoms with Crippen molar-refractivity contribution in [3.8, 4) is 0 Å². The minimum atomic E-state index is -2.77. The monoisotopic (exact) mass is 267 g/mol. The maximum atomic E-state index is 11.5. The third kappa shape index (κ3) is 3.33. The zero-order valence-corrected chi connectivity index (χ0v) is 11.8. The van der Waals surface area contributed by atoms with Crippen molar-refractivity contribution in [1.82, 2.24) is 5.32 Å². The van der Waals surface area contributed by atoms with Gasteiger partial charge in [0.1, 0.15) is 0 Å². The first kappa shape index (κ1) is 13.6. The molecule has 1 heterocycles. The summed E-state index contributed by atoms with van der Waals surface area (Å²) in [6, 6.07) is 8.67. The van der Waals surface area contributed by atoms with Crippen molar-refractivity contribution in [1.29, 1.82) is 0 Å². The van der Waals surface area contributed by atoms with Crippen LogP contribution in [0, 0.1) is 12.8 Å². The van der Waals surface area contributed by atoms with Crippen molar-refractivity contribution in [3.63, 3.8) is 0 Å². The first-order valence-electron chi connectivity index (χ1n) is 6.44. The minimum absolute atomic E-state index is 0.253. The van der Waals surface area contributed by atoms with E-state index in [0.29, 0.717) is 17.4 Å². The van der Waals surface area contributed by atoms with E-state index in [0.717, 1.165) is 12.8 Å². The van der Waals surface area contributed by atoms with Gasteiger partial charge in [0.15, 0.2) is 9.84 Å². The predicted octanol–water partition coefficient (Wildman–Crippen LogP) is 2.08. The summed E-state index contributed by atoms with van der Waals surface area (Å²) >= 11 is 0. The van der Waals surface area contributed by atoms with Crippen molar-refractivity contribution in [2.75, 3.05) is 18.6 Å². The summed E-state index contributed by atoms with van der Waals surface area (Å²) in [5.74, 6) is 1.02. The highest BCUT2D eigenvalue weighted by atomic mass is 32.2. The zero-order valence-electron chi connectivity index (χ0n) is 11.0. The molecule has 1 aliphatic heterocycles. The first-order valence-corrected chi connectivity index (χ1v) is 8.26. The van der Waals surface area contributed by atoms with Gasteiger partial charge in [-0.15, -0.1) is 0 Å². The van der Waals surface area contributed by atoms with Crippen LogP contribution >= 0.6 is 0 Å². The van der Waals surface area contributed by atoms with Gasteiger partial charge >= 0.3 is 0 Å². The molecule has 1 N–H and O–H groups in total. The quantitative estimate of drug-likeness (QED) is 0.908. The summed E-state index contributed by atoms with van der Waals surface area (Å²) in [5.41, 5.74) is 2.49. The summed E-state index contributed by atoms with van der Waals surface area (Å²) in [6.07, 6.45) is 1.71. The van der Waals surface area contributed by atoms with E-state index in [2.05, 4.69) is 36.5 Å². The third-order valence-electron chi connectivity index (χ3n) is 3.69. The molecule has 1 aromatic rings. The topological polar surface area (TPSA) is 46.2 Å². The number of rotatable bonds is 4. The van der Waals surface area contributed by atoms with Gasteiger partial charge in [-0.25, -0.2) is 8.42 Å². The summed E-state index contributed by atoms with van der Waals surface area (Å²) in [5, 5.41) is 3.30. The Morgan fingerprint density at radius 3 is 2.78 bits per heavy atom. The Morgan fingerprint density at radius 1 is 1.44 bits per heavy atom. The number of nitrogens with one attached hydrogen (secondary N) is 1. The van der Waals surface area contributed by atoms with Gasteiger partial charge in [-0.1, -0.05) is 29.8 Å². The fraction of sp³-hybridized carbons (Fsp3) is 0.571. The molecule has 2 unspecified atom stereocenters. The smallest absolute Gasteiger partial charge is 0.150 e. The molecule has 0 spiro atoms. The van der Waals surface area contributed by atoms with E-state index in [4.69, 9.17) is 0 Å². The van der Waals surface area contributed by atoms with Crippen molar-refractivity contribution in [2.45, 2.75) is 25.8 Å². The Labute approximate surface area is 110 Å². The number of benzene rings is 1. The molecule has 18 heavy (non-hydrogen) atoms. The molecular formula is C14H21NO2S. The van der Waals surface area contributed by atoms with Crippen LogP contribution in [-0.2, 0) is 9.84 Å². The molecule has 2 atom stereocenters. The molecule has 2 rings (SSSR count). The van der Waals surface area contributed by atoms with Crippen LogP contribution in [0.25, 0.3) is 0 Å². The Hall–Kier alpha value is -0.870. The lowest BCUT2D eigenvalue weighted by Gasteiger charge is -2.20. The average Bonchev–Trinajstić information content (AvgIpc) is 2.65. The Morgan fingerprint density at radius 2 is 2.22 bits per heavy atom. The molecule has 3 nitrogen and oxygen atoms in total. The lowest BCUT2D eigenvalue weighted by Crippen LogP contribution is -2.20. The van der Waals surface area contributed by atoms with Gasteiger partial charge in [0.2, 0.25) is 0 Å². The van der Waals surface area contributed by atoms with E-state index in [-0.39, 0.29) is 6.04 Å². The second-order valence-electron chi connectivity index (χ2n) is 5.26. The van der Waals surface area contributed by atoms with Gasteiger partial charge in [0.25, 0.3) is 0 Å². The molecule has 4 heteroatoms. The molecule has 1 fully saturated rings. The molecule has 0 amide bonds. The van der Waals surface area contributed by atoms with E-state index in [9.17, 15) is 8.42 Å². The van der Waals surface area contributed by atoms with Gasteiger partial charge in [-0.2, -0.15) is 0 Å². The summed E-state index contributed by atoms with van der Waals surface area (Å²) in [4.78, 5) is 0. The van der Waals surface area contributed by atoms with E-state index < -0.39 is 9.84 Å². The van der Waals surface area contributed by atoms with Crippen molar-refractivity contribution < 1.29 is 8.42 Å². The predicted molar refractivity (Wildman–Crippen MR) is 74.4 cm³/mol. The average molecular weight is 267 g/mol. The second-order valence-corrected chi connectivity index (χ2v) is 7.49. The second kappa shape index (κ2) is 5.41. The highest BCUT2D eigenvalue weighted by Crippen LogP contribution is 2.29. The van der Waals surface area contributed by atoms with Gasteiger partial charge in [-0.3, -0.25) is 0 Å². The molecule has 0 aromatic heterocycles. The van der Waals surface area contributed by atoms with E-state index in [1.54, 1.807) is 0 Å². The normalized spacial score (nSPS) is 24.0. The van der Waals surface area contributed by atoms with Crippen molar-refractivity contribution >= 4 is 9.84 Å². The largest absolute Gasteiger partial charge is 0.313 e. The fourth-order valence-corrected chi connectivity index (χ4v) is 4.58. The number of hydrogen-bond acceptors (Lipinski definition) is 3. The lowest BCUT2D eigenvalue weighted by molar-refractivity contribution is 0.437. The summed E-state index contributed by atoms with van der Waals surface area (Å²) in [7, 11) is -0.827. The van der Waals surface area contributed by atoms with Crippen molar-refractivity contribution in [2.24, 2.45) is 5.92 Å². The molecule has 0 bridgehead atoms. The van der Waals surface area contributed by atoms with Gasteiger partial charge < -0.3 is 5.32 Å². The molecule has 100 valence electrons. The van der Waals surface area contributed by atoms with Crippen LogP contribution in [0.5, 0.6) is 0 Å². The highest BCUT2D eigenvalue weighted by molar-refractivity contribution is 7.91. The number of hydrogen-bond donors (Lipinski definition) is 1. The molecule has 0 radical (unpaired) electrons. The molecule has 0 aliphatic carbocycles. The standard InChI is InChI=1S/C14H21NO2S/c1-11-4-3-5-13(8-11)14(15-2)9-12-6-7-18(16,17)10-12/h3-5,8,12,14-15H,6-7,9-10H2,1-2H3. The minimum Gasteiger partial charge on any atom is -0.313 e. The van der Waals surface area contributed by atoms with E-state index in [1.807, 2.05) is 7.05 Å². The molecular weight excluding hydrogens is 246 g/mol. The molecule has 1 saturated heterocycles. The Kier molecular flexibility index (Phi) is 4.07. The van der Waals surface area contributed by atoms with E-state index in [1.165, 1.54) is 11.1 Å². The Bertz CT molecular complexity index is 510. The van der Waals surface area contributed by atoms with Crippen LogP contribution in [0.4, 0.5) is 0 Å². The van der Waals surface area contributed by atoms with Crippen molar-refractivity contribution in [3.05, 3.63) is 35.4 Å². The molecule has 0 saturated carbocycles. The maximum Gasteiger partial charge on any atom is 0.150 e.